The molecule has 2 amide bonds. The molecule has 2 rings (SSSR count). The van der Waals surface area contributed by atoms with Gasteiger partial charge in [-0.1, -0.05) is 19.9 Å². The molecule has 0 saturated carbocycles. The van der Waals surface area contributed by atoms with Crippen LogP contribution in [0.3, 0.4) is 0 Å². The third kappa shape index (κ3) is 4.24. The Bertz CT molecular complexity index is 569. The molecule has 23 heavy (non-hydrogen) atoms. The van der Waals surface area contributed by atoms with Crippen molar-refractivity contribution in [1.82, 2.24) is 9.80 Å². The molecule has 1 heterocycles. The van der Waals surface area contributed by atoms with Crippen LogP contribution in [0.25, 0.3) is 0 Å². The highest BCUT2D eigenvalue weighted by molar-refractivity contribution is 5.95. The van der Waals surface area contributed by atoms with Gasteiger partial charge in [0.2, 0.25) is 5.91 Å². The predicted molar refractivity (Wildman–Crippen MR) is 92.7 cm³/mol. The zero-order valence-electron chi connectivity index (χ0n) is 14.6. The molecule has 0 spiro atoms. The second kappa shape index (κ2) is 7.49. The van der Waals surface area contributed by atoms with Crippen LogP contribution in [0.4, 0.5) is 5.69 Å². The molecule has 1 aromatic carbocycles. The molecule has 0 N–H and O–H groups in total. The van der Waals surface area contributed by atoms with Gasteiger partial charge < -0.3 is 14.7 Å². The molecule has 5 heteroatoms. The quantitative estimate of drug-likeness (QED) is 0.857. The van der Waals surface area contributed by atoms with Crippen molar-refractivity contribution >= 4 is 17.5 Å². The van der Waals surface area contributed by atoms with Crippen LogP contribution in [0.2, 0.25) is 0 Å². The molecular weight excluding hydrogens is 290 g/mol. The van der Waals surface area contributed by atoms with E-state index in [0.29, 0.717) is 25.2 Å². The van der Waals surface area contributed by atoms with Crippen molar-refractivity contribution < 1.29 is 9.59 Å². The normalized spacial score (nSPS) is 15.5. The lowest BCUT2D eigenvalue weighted by Crippen LogP contribution is -2.39. The number of anilines is 1. The predicted octanol–water partition coefficient (Wildman–Crippen LogP) is 2.08. The lowest BCUT2D eigenvalue weighted by Gasteiger charge is -2.24. The van der Waals surface area contributed by atoms with E-state index >= 15 is 0 Å². The highest BCUT2D eigenvalue weighted by Crippen LogP contribution is 2.16. The third-order valence-corrected chi connectivity index (χ3v) is 4.20. The first-order valence-electron chi connectivity index (χ1n) is 8.25. The number of hydrogen-bond donors (Lipinski definition) is 0. The third-order valence-electron chi connectivity index (χ3n) is 4.20. The molecule has 1 aliphatic heterocycles. The molecule has 1 aliphatic rings. The van der Waals surface area contributed by atoms with Gasteiger partial charge in [-0.3, -0.25) is 9.59 Å². The van der Waals surface area contributed by atoms with Crippen molar-refractivity contribution in [3.8, 4) is 0 Å². The minimum Gasteiger partial charge on any atom is -0.378 e. The number of benzene rings is 1. The summed E-state index contributed by atoms with van der Waals surface area (Å²) in [6, 6.07) is 7.68. The van der Waals surface area contributed by atoms with Gasteiger partial charge >= 0.3 is 0 Å². The van der Waals surface area contributed by atoms with Gasteiger partial charge in [-0.15, -0.1) is 0 Å². The van der Waals surface area contributed by atoms with E-state index in [4.69, 9.17) is 0 Å². The maximum atomic E-state index is 12.7. The molecule has 0 bridgehead atoms. The Balaban J connectivity index is 2.06. The van der Waals surface area contributed by atoms with Crippen LogP contribution in [-0.4, -0.2) is 61.9 Å². The lowest BCUT2D eigenvalue weighted by molar-refractivity contribution is -0.134. The summed E-state index contributed by atoms with van der Waals surface area (Å²) in [6.45, 7) is 6.50. The molecule has 0 unspecified atom stereocenters. The Kier molecular flexibility index (Phi) is 5.64. The van der Waals surface area contributed by atoms with Crippen LogP contribution in [0.15, 0.2) is 24.3 Å². The van der Waals surface area contributed by atoms with E-state index in [1.54, 1.807) is 0 Å². The maximum absolute atomic E-state index is 12.7. The first kappa shape index (κ1) is 17.3. The van der Waals surface area contributed by atoms with Gasteiger partial charge in [0.1, 0.15) is 0 Å². The molecule has 5 nitrogen and oxygen atoms in total. The van der Waals surface area contributed by atoms with Gasteiger partial charge in [-0.25, -0.2) is 0 Å². The fourth-order valence-corrected chi connectivity index (χ4v) is 2.81. The molecule has 0 aromatic heterocycles. The summed E-state index contributed by atoms with van der Waals surface area (Å²) in [5.74, 6) is 0.232. The van der Waals surface area contributed by atoms with Crippen molar-refractivity contribution in [1.29, 1.82) is 0 Å². The van der Waals surface area contributed by atoms with Crippen LogP contribution in [0.5, 0.6) is 0 Å². The Morgan fingerprint density at radius 1 is 1.04 bits per heavy atom. The summed E-state index contributed by atoms with van der Waals surface area (Å²) in [4.78, 5) is 30.6. The molecule has 0 aliphatic carbocycles. The summed E-state index contributed by atoms with van der Waals surface area (Å²) < 4.78 is 0. The average molecular weight is 317 g/mol. The van der Waals surface area contributed by atoms with Crippen LogP contribution >= 0.6 is 0 Å². The summed E-state index contributed by atoms with van der Waals surface area (Å²) in [6.07, 6.45) is 0.831. The number of carbonyl (C=O) groups excluding carboxylic acids is 2. The average Bonchev–Trinajstić information content (AvgIpc) is 2.79. The molecule has 0 atom stereocenters. The van der Waals surface area contributed by atoms with Gasteiger partial charge in [0.15, 0.2) is 0 Å². The van der Waals surface area contributed by atoms with E-state index in [1.165, 1.54) is 0 Å². The number of rotatable bonds is 3. The topological polar surface area (TPSA) is 43.9 Å². The number of carbonyl (C=O) groups is 2. The Labute approximate surface area is 138 Å². The second-order valence-corrected chi connectivity index (χ2v) is 6.57. The zero-order valence-corrected chi connectivity index (χ0v) is 14.6. The van der Waals surface area contributed by atoms with E-state index in [-0.39, 0.29) is 17.7 Å². The van der Waals surface area contributed by atoms with Crippen LogP contribution in [0.1, 0.15) is 30.6 Å². The largest absolute Gasteiger partial charge is 0.378 e. The SMILES string of the molecule is CC(C)C(=O)N1CCCN(C(=O)c2cccc(N(C)C)c2)CC1. The Morgan fingerprint density at radius 2 is 1.70 bits per heavy atom. The van der Waals surface area contributed by atoms with Crippen LogP contribution in [0, 0.1) is 5.92 Å². The van der Waals surface area contributed by atoms with Crippen molar-refractivity contribution in [2.75, 3.05) is 45.2 Å². The Hall–Kier alpha value is -2.04. The van der Waals surface area contributed by atoms with Crippen LogP contribution < -0.4 is 4.90 Å². The summed E-state index contributed by atoms with van der Waals surface area (Å²) in [7, 11) is 3.93. The van der Waals surface area contributed by atoms with Crippen molar-refractivity contribution in [3.05, 3.63) is 29.8 Å². The number of amides is 2. The van der Waals surface area contributed by atoms with Gasteiger partial charge in [-0.2, -0.15) is 0 Å². The summed E-state index contributed by atoms with van der Waals surface area (Å²) in [5, 5.41) is 0. The van der Waals surface area contributed by atoms with E-state index in [9.17, 15) is 9.59 Å². The van der Waals surface area contributed by atoms with E-state index in [1.807, 2.05) is 66.9 Å². The summed E-state index contributed by atoms with van der Waals surface area (Å²) in [5.41, 5.74) is 1.72. The lowest BCUT2D eigenvalue weighted by atomic mass is 10.1. The highest BCUT2D eigenvalue weighted by atomic mass is 16.2. The summed E-state index contributed by atoms with van der Waals surface area (Å²) >= 11 is 0. The van der Waals surface area contributed by atoms with E-state index < -0.39 is 0 Å². The monoisotopic (exact) mass is 317 g/mol. The number of hydrogen-bond acceptors (Lipinski definition) is 3. The van der Waals surface area contributed by atoms with Gasteiger partial charge in [0.05, 0.1) is 0 Å². The zero-order chi connectivity index (χ0) is 17.0. The van der Waals surface area contributed by atoms with E-state index in [0.717, 1.165) is 18.7 Å². The molecular formula is C18H27N3O2. The molecule has 0 radical (unpaired) electrons. The minimum atomic E-state index is 0.00836. The smallest absolute Gasteiger partial charge is 0.253 e. The molecule has 1 saturated heterocycles. The fraction of sp³-hybridized carbons (Fsp3) is 0.556. The van der Waals surface area contributed by atoms with E-state index in [2.05, 4.69) is 0 Å². The van der Waals surface area contributed by atoms with Crippen molar-refractivity contribution in [3.63, 3.8) is 0 Å². The van der Waals surface area contributed by atoms with Crippen molar-refractivity contribution in [2.45, 2.75) is 20.3 Å². The molecule has 126 valence electrons. The molecule has 1 aromatic rings. The van der Waals surface area contributed by atoms with Gasteiger partial charge in [-0.05, 0) is 24.6 Å². The van der Waals surface area contributed by atoms with Gasteiger partial charge in [0.25, 0.3) is 5.91 Å². The maximum Gasteiger partial charge on any atom is 0.253 e. The van der Waals surface area contributed by atoms with Crippen LogP contribution in [-0.2, 0) is 4.79 Å². The standard InChI is InChI=1S/C18H27N3O2/c1-14(2)17(22)20-9-6-10-21(12-11-20)18(23)15-7-5-8-16(13-15)19(3)4/h5,7-8,13-14H,6,9-12H2,1-4H3. The fourth-order valence-electron chi connectivity index (χ4n) is 2.81. The number of nitrogens with zero attached hydrogens (tertiary/aromatic N) is 3. The Morgan fingerprint density at radius 3 is 2.35 bits per heavy atom. The first-order chi connectivity index (χ1) is 10.9. The minimum absolute atomic E-state index is 0.00836. The molecule has 1 fully saturated rings. The second-order valence-electron chi connectivity index (χ2n) is 6.57. The highest BCUT2D eigenvalue weighted by Gasteiger charge is 2.24. The van der Waals surface area contributed by atoms with Crippen molar-refractivity contribution in [2.24, 2.45) is 5.92 Å². The first-order valence-corrected chi connectivity index (χ1v) is 8.25. The van der Waals surface area contributed by atoms with Gasteiger partial charge in [0, 0.05) is 57.4 Å².